The zero-order valence-electron chi connectivity index (χ0n) is 15.6. The molecule has 1 saturated carbocycles. The Kier molecular flexibility index (Phi) is 5.45. The van der Waals surface area contributed by atoms with Crippen LogP contribution < -0.4 is 0 Å². The first-order chi connectivity index (χ1) is 12.0. The van der Waals surface area contributed by atoms with Gasteiger partial charge in [0.15, 0.2) is 0 Å². The van der Waals surface area contributed by atoms with E-state index in [1.165, 1.54) is 38.5 Å². The summed E-state index contributed by atoms with van der Waals surface area (Å²) in [5.41, 5.74) is 1.81. The van der Waals surface area contributed by atoms with Gasteiger partial charge in [-0.3, -0.25) is 9.59 Å². The van der Waals surface area contributed by atoms with Crippen LogP contribution in [0.5, 0.6) is 0 Å². The lowest BCUT2D eigenvalue weighted by Gasteiger charge is -2.36. The number of nitrogens with zero attached hydrogens (tertiary/aromatic N) is 2. The van der Waals surface area contributed by atoms with Gasteiger partial charge in [0, 0.05) is 38.3 Å². The molecule has 0 radical (unpaired) electrons. The predicted molar refractivity (Wildman–Crippen MR) is 99.7 cm³/mol. The summed E-state index contributed by atoms with van der Waals surface area (Å²) in [6.45, 7) is 1.73. The molecule has 136 valence electrons. The van der Waals surface area contributed by atoms with E-state index in [-0.39, 0.29) is 11.8 Å². The van der Waals surface area contributed by atoms with Crippen molar-refractivity contribution in [1.82, 2.24) is 9.80 Å². The third kappa shape index (κ3) is 4.05. The molecule has 1 heterocycles. The van der Waals surface area contributed by atoms with Crippen LogP contribution in [0.3, 0.4) is 0 Å². The summed E-state index contributed by atoms with van der Waals surface area (Å²) in [5, 5.41) is 0. The van der Waals surface area contributed by atoms with E-state index in [9.17, 15) is 9.59 Å². The second-order valence-corrected chi connectivity index (χ2v) is 7.98. The van der Waals surface area contributed by atoms with Gasteiger partial charge in [-0.2, -0.15) is 0 Å². The number of carbonyl (C=O) groups is 2. The molecule has 0 bridgehead atoms. The number of benzene rings is 1. The van der Waals surface area contributed by atoms with Gasteiger partial charge >= 0.3 is 0 Å². The van der Waals surface area contributed by atoms with Crippen LogP contribution in [0, 0.1) is 5.41 Å². The average Bonchev–Trinajstić information content (AvgIpc) is 2.84. The number of amides is 2. The maximum Gasteiger partial charge on any atom is 0.253 e. The fourth-order valence-corrected chi connectivity index (χ4v) is 4.45. The van der Waals surface area contributed by atoms with Crippen LogP contribution in [0.1, 0.15) is 72.1 Å². The summed E-state index contributed by atoms with van der Waals surface area (Å²) in [5.74, 6) is 0.0738. The fraction of sp³-hybridized carbons (Fsp3) is 0.619. The lowest BCUT2D eigenvalue weighted by atomic mass is 9.69. The fourth-order valence-electron chi connectivity index (χ4n) is 4.45. The molecule has 2 amide bonds. The van der Waals surface area contributed by atoms with Crippen molar-refractivity contribution in [1.29, 1.82) is 0 Å². The maximum absolute atomic E-state index is 12.9. The van der Waals surface area contributed by atoms with Crippen molar-refractivity contribution in [2.75, 3.05) is 27.2 Å². The molecular formula is C21H30N2O2. The Labute approximate surface area is 151 Å². The Hall–Kier alpha value is -1.84. The van der Waals surface area contributed by atoms with Gasteiger partial charge in [-0.05, 0) is 61.8 Å². The highest BCUT2D eigenvalue weighted by Gasteiger charge is 2.34. The van der Waals surface area contributed by atoms with Crippen LogP contribution >= 0.6 is 0 Å². The lowest BCUT2D eigenvalue weighted by molar-refractivity contribution is 0.0747. The molecule has 0 unspecified atom stereocenters. The van der Waals surface area contributed by atoms with E-state index in [0.717, 1.165) is 25.9 Å². The minimum absolute atomic E-state index is 0.0342. The topological polar surface area (TPSA) is 40.6 Å². The van der Waals surface area contributed by atoms with Crippen LogP contribution in [0.2, 0.25) is 0 Å². The highest BCUT2D eigenvalue weighted by Crippen LogP contribution is 2.44. The summed E-state index contributed by atoms with van der Waals surface area (Å²) >= 11 is 0. The Morgan fingerprint density at radius 3 is 2.08 bits per heavy atom. The second-order valence-electron chi connectivity index (χ2n) is 7.98. The Bertz CT molecular complexity index is 615. The molecule has 1 aliphatic heterocycles. The smallest absolute Gasteiger partial charge is 0.253 e. The number of hydrogen-bond acceptors (Lipinski definition) is 2. The van der Waals surface area contributed by atoms with Crippen LogP contribution in [0.25, 0.3) is 0 Å². The van der Waals surface area contributed by atoms with Gasteiger partial charge in [0.25, 0.3) is 11.8 Å². The van der Waals surface area contributed by atoms with Crippen molar-refractivity contribution in [3.05, 3.63) is 35.4 Å². The van der Waals surface area contributed by atoms with Crippen LogP contribution in [0.4, 0.5) is 0 Å². The molecule has 1 aliphatic carbocycles. The highest BCUT2D eigenvalue weighted by atomic mass is 16.2. The van der Waals surface area contributed by atoms with Gasteiger partial charge < -0.3 is 9.80 Å². The van der Waals surface area contributed by atoms with Gasteiger partial charge in [0.2, 0.25) is 0 Å². The molecule has 1 aromatic carbocycles. The van der Waals surface area contributed by atoms with Crippen molar-refractivity contribution in [2.45, 2.75) is 51.4 Å². The van der Waals surface area contributed by atoms with Crippen LogP contribution in [0.15, 0.2) is 24.3 Å². The molecule has 4 heteroatoms. The SMILES string of the molecule is CN(C)C(=O)c1ccc(C(=O)N2CCCC3(CCCCC3)CC2)cc1. The normalized spacial score (nSPS) is 20.2. The zero-order valence-corrected chi connectivity index (χ0v) is 15.6. The largest absolute Gasteiger partial charge is 0.345 e. The summed E-state index contributed by atoms with van der Waals surface area (Å²) in [4.78, 5) is 28.4. The Balaban J connectivity index is 1.65. The molecule has 3 rings (SSSR count). The van der Waals surface area contributed by atoms with Gasteiger partial charge in [-0.25, -0.2) is 0 Å². The summed E-state index contributed by atoms with van der Waals surface area (Å²) in [7, 11) is 3.47. The first-order valence-corrected chi connectivity index (χ1v) is 9.62. The summed E-state index contributed by atoms with van der Waals surface area (Å²) < 4.78 is 0. The van der Waals surface area contributed by atoms with E-state index in [2.05, 4.69) is 0 Å². The molecule has 2 fully saturated rings. The molecule has 1 aromatic rings. The minimum Gasteiger partial charge on any atom is -0.345 e. The van der Waals surface area contributed by atoms with E-state index in [4.69, 9.17) is 0 Å². The predicted octanol–water partition coefficient (Wildman–Crippen LogP) is 3.97. The zero-order chi connectivity index (χ0) is 17.9. The maximum atomic E-state index is 12.9. The molecule has 1 spiro atoms. The van der Waals surface area contributed by atoms with Crippen molar-refractivity contribution in [3.8, 4) is 0 Å². The Morgan fingerprint density at radius 1 is 0.840 bits per heavy atom. The standard InChI is InChI=1S/C21H30N2O2/c1-22(2)19(24)17-7-9-18(10-8-17)20(25)23-15-6-13-21(14-16-23)11-4-3-5-12-21/h7-10H,3-6,11-16H2,1-2H3. The Morgan fingerprint density at radius 2 is 1.44 bits per heavy atom. The average molecular weight is 342 g/mol. The van der Waals surface area contributed by atoms with Gasteiger partial charge in [-0.15, -0.1) is 0 Å². The molecular weight excluding hydrogens is 312 g/mol. The number of likely N-dealkylation sites (tertiary alicyclic amines) is 1. The summed E-state index contributed by atoms with van der Waals surface area (Å²) in [6.07, 6.45) is 10.3. The highest BCUT2D eigenvalue weighted by molar-refractivity contribution is 5.97. The van der Waals surface area contributed by atoms with Crippen molar-refractivity contribution >= 4 is 11.8 Å². The number of hydrogen-bond donors (Lipinski definition) is 0. The first kappa shape index (κ1) is 18.0. The quantitative estimate of drug-likeness (QED) is 0.816. The molecule has 0 aromatic heterocycles. The van der Waals surface area contributed by atoms with E-state index in [0.29, 0.717) is 16.5 Å². The molecule has 25 heavy (non-hydrogen) atoms. The molecule has 0 N–H and O–H groups in total. The van der Waals surface area contributed by atoms with Crippen LogP contribution in [-0.4, -0.2) is 48.8 Å². The number of carbonyl (C=O) groups excluding carboxylic acids is 2. The van der Waals surface area contributed by atoms with Crippen LogP contribution in [-0.2, 0) is 0 Å². The second kappa shape index (κ2) is 7.59. The van der Waals surface area contributed by atoms with Crippen molar-refractivity contribution in [3.63, 3.8) is 0 Å². The monoisotopic (exact) mass is 342 g/mol. The van der Waals surface area contributed by atoms with E-state index in [1.54, 1.807) is 43.3 Å². The van der Waals surface area contributed by atoms with Gasteiger partial charge in [0.05, 0.1) is 0 Å². The molecule has 0 atom stereocenters. The van der Waals surface area contributed by atoms with E-state index < -0.39 is 0 Å². The van der Waals surface area contributed by atoms with E-state index >= 15 is 0 Å². The summed E-state index contributed by atoms with van der Waals surface area (Å²) in [6, 6.07) is 7.10. The number of rotatable bonds is 2. The molecule has 4 nitrogen and oxygen atoms in total. The van der Waals surface area contributed by atoms with Crippen molar-refractivity contribution < 1.29 is 9.59 Å². The third-order valence-electron chi connectivity index (χ3n) is 6.03. The molecule has 1 saturated heterocycles. The van der Waals surface area contributed by atoms with Gasteiger partial charge in [0.1, 0.15) is 0 Å². The first-order valence-electron chi connectivity index (χ1n) is 9.62. The molecule has 2 aliphatic rings. The minimum atomic E-state index is -0.0342. The van der Waals surface area contributed by atoms with Gasteiger partial charge in [-0.1, -0.05) is 19.3 Å². The van der Waals surface area contributed by atoms with E-state index in [1.807, 2.05) is 4.90 Å². The lowest BCUT2D eigenvalue weighted by Crippen LogP contribution is -2.33. The third-order valence-corrected chi connectivity index (χ3v) is 6.03. The van der Waals surface area contributed by atoms with Crippen molar-refractivity contribution in [2.24, 2.45) is 5.41 Å².